The molecule has 0 radical (unpaired) electrons. The third-order valence-electron chi connectivity index (χ3n) is 7.29. The average Bonchev–Trinajstić information content (AvgIpc) is 3.51. The Morgan fingerprint density at radius 1 is 1.10 bits per heavy atom. The van der Waals surface area contributed by atoms with Crippen molar-refractivity contribution in [2.24, 2.45) is 0 Å². The predicted molar refractivity (Wildman–Crippen MR) is 152 cm³/mol. The fourth-order valence-corrected chi connectivity index (χ4v) is 5.21. The molecule has 4 heterocycles. The zero-order valence-corrected chi connectivity index (χ0v) is 22.2. The highest BCUT2D eigenvalue weighted by Crippen LogP contribution is 2.31. The zero-order valence-electron chi connectivity index (χ0n) is 22.2. The summed E-state index contributed by atoms with van der Waals surface area (Å²) in [5.41, 5.74) is 5.58. The van der Waals surface area contributed by atoms with Gasteiger partial charge in [0.1, 0.15) is 17.9 Å². The molecular formula is C29H32N8O2. The second-order valence-electron chi connectivity index (χ2n) is 10.00. The van der Waals surface area contributed by atoms with Crippen LogP contribution in [0.15, 0.2) is 67.3 Å². The lowest BCUT2D eigenvalue weighted by atomic mass is 10.1. The zero-order chi connectivity index (χ0) is 26.8. The molecule has 10 heteroatoms. The largest absolute Gasteiger partial charge is 0.446 e. The summed E-state index contributed by atoms with van der Waals surface area (Å²) in [5, 5.41) is 16.4. The number of fused-ring (bicyclic) bond motifs is 2. The monoisotopic (exact) mass is 524 g/mol. The summed E-state index contributed by atoms with van der Waals surface area (Å²) < 4.78 is 9.45. The molecule has 1 saturated heterocycles. The van der Waals surface area contributed by atoms with Crippen molar-refractivity contribution in [3.8, 4) is 0 Å². The molecule has 0 unspecified atom stereocenters. The molecule has 1 amide bonds. The molecule has 6 rings (SSSR count). The van der Waals surface area contributed by atoms with Gasteiger partial charge in [0.05, 0.1) is 30.1 Å². The van der Waals surface area contributed by atoms with E-state index in [2.05, 4.69) is 62.0 Å². The van der Waals surface area contributed by atoms with E-state index in [9.17, 15) is 4.79 Å². The highest BCUT2D eigenvalue weighted by molar-refractivity contribution is 5.91. The van der Waals surface area contributed by atoms with E-state index in [0.29, 0.717) is 24.5 Å². The Hall–Kier alpha value is -4.44. The van der Waals surface area contributed by atoms with Gasteiger partial charge in [0.2, 0.25) is 0 Å². The van der Waals surface area contributed by atoms with Crippen LogP contribution in [0.3, 0.4) is 0 Å². The molecular weight excluding hydrogens is 492 g/mol. The van der Waals surface area contributed by atoms with E-state index in [0.717, 1.165) is 53.6 Å². The number of benzene rings is 2. The first-order valence-corrected chi connectivity index (χ1v) is 13.4. The number of hydrogen-bond donors (Lipinski definition) is 2. The standard InChI is InChI=1S/C29H32N8O2/c1-3-24-25(34-29(38)39-23-11-13-35(2)14-12-23)18-37-27(24)28(30-19-32-37)33-22-9-10-26-21(15-22)16-31-36(26)17-20-7-5-4-6-8-20/h4-10,15-16,18-19,23H,3,11-14,17H2,1-2H3,(H,34,38)(H,30,32,33). The van der Waals surface area contributed by atoms with E-state index in [1.807, 2.05) is 48.3 Å². The fourth-order valence-electron chi connectivity index (χ4n) is 5.21. The molecule has 0 spiro atoms. The highest BCUT2D eigenvalue weighted by atomic mass is 16.6. The van der Waals surface area contributed by atoms with Crippen LogP contribution in [0.2, 0.25) is 0 Å². The molecule has 39 heavy (non-hydrogen) atoms. The third kappa shape index (κ3) is 5.28. The van der Waals surface area contributed by atoms with Crippen molar-refractivity contribution in [1.82, 2.24) is 29.3 Å². The first-order valence-electron chi connectivity index (χ1n) is 13.4. The number of carbonyl (C=O) groups excluding carboxylic acids is 1. The Kier molecular flexibility index (Phi) is 6.85. The fraction of sp³-hybridized carbons (Fsp3) is 0.310. The molecule has 3 aromatic heterocycles. The number of aryl methyl sites for hydroxylation is 1. The molecule has 1 aliphatic heterocycles. The van der Waals surface area contributed by atoms with Gasteiger partial charge in [-0.2, -0.15) is 10.2 Å². The van der Waals surface area contributed by atoms with E-state index in [1.54, 1.807) is 4.52 Å². The Balaban J connectivity index is 1.22. The summed E-state index contributed by atoms with van der Waals surface area (Å²) in [6.45, 7) is 4.62. The smallest absolute Gasteiger partial charge is 0.411 e. The van der Waals surface area contributed by atoms with Crippen LogP contribution in [0.4, 0.5) is 22.0 Å². The first kappa shape index (κ1) is 24.9. The van der Waals surface area contributed by atoms with E-state index in [-0.39, 0.29) is 6.10 Å². The summed E-state index contributed by atoms with van der Waals surface area (Å²) in [7, 11) is 2.08. The maximum Gasteiger partial charge on any atom is 0.411 e. The molecule has 0 bridgehead atoms. The average molecular weight is 525 g/mol. The van der Waals surface area contributed by atoms with Gasteiger partial charge < -0.3 is 15.0 Å². The van der Waals surface area contributed by atoms with Gasteiger partial charge in [-0.1, -0.05) is 37.3 Å². The first-order chi connectivity index (χ1) is 19.1. The normalized spacial score (nSPS) is 14.6. The van der Waals surface area contributed by atoms with Crippen molar-refractivity contribution in [3.63, 3.8) is 0 Å². The predicted octanol–water partition coefficient (Wildman–Crippen LogP) is 5.08. The topological polar surface area (TPSA) is 102 Å². The van der Waals surface area contributed by atoms with Crippen LogP contribution in [0, 0.1) is 0 Å². The van der Waals surface area contributed by atoms with Crippen LogP contribution in [0.1, 0.15) is 30.9 Å². The molecule has 0 aliphatic carbocycles. The summed E-state index contributed by atoms with van der Waals surface area (Å²) in [5.74, 6) is 0.662. The third-order valence-corrected chi connectivity index (χ3v) is 7.29. The van der Waals surface area contributed by atoms with Crippen LogP contribution in [0.25, 0.3) is 16.4 Å². The maximum atomic E-state index is 12.7. The van der Waals surface area contributed by atoms with Crippen molar-refractivity contribution < 1.29 is 9.53 Å². The molecule has 0 atom stereocenters. The number of nitrogens with one attached hydrogen (secondary N) is 2. The van der Waals surface area contributed by atoms with E-state index >= 15 is 0 Å². The van der Waals surface area contributed by atoms with Gasteiger partial charge in [0.15, 0.2) is 5.82 Å². The highest BCUT2D eigenvalue weighted by Gasteiger charge is 2.22. The Bertz CT molecular complexity index is 1600. The SMILES string of the molecule is CCc1c(NC(=O)OC2CCN(C)CC2)cn2ncnc(Nc3ccc4c(cnn4Cc4ccccc4)c3)c12. The second-order valence-corrected chi connectivity index (χ2v) is 10.00. The summed E-state index contributed by atoms with van der Waals surface area (Å²) >= 11 is 0. The van der Waals surface area contributed by atoms with Crippen molar-refractivity contribution in [2.75, 3.05) is 30.8 Å². The summed E-state index contributed by atoms with van der Waals surface area (Å²) in [6.07, 6.45) is 7.08. The number of rotatable bonds is 7. The second kappa shape index (κ2) is 10.7. The van der Waals surface area contributed by atoms with Crippen LogP contribution in [-0.2, 0) is 17.7 Å². The number of amides is 1. The maximum absolute atomic E-state index is 12.7. The quantitative estimate of drug-likeness (QED) is 0.306. The molecule has 200 valence electrons. The molecule has 2 aromatic carbocycles. The number of hydrogen-bond acceptors (Lipinski definition) is 7. The minimum atomic E-state index is -0.435. The molecule has 10 nitrogen and oxygen atoms in total. The van der Waals surface area contributed by atoms with Crippen molar-refractivity contribution >= 4 is 39.7 Å². The van der Waals surface area contributed by atoms with Crippen molar-refractivity contribution in [1.29, 1.82) is 0 Å². The van der Waals surface area contributed by atoms with Crippen molar-refractivity contribution in [3.05, 3.63) is 78.4 Å². The number of likely N-dealkylation sites (tertiary alicyclic amines) is 1. The number of anilines is 3. The Labute approximate surface area is 226 Å². The lowest BCUT2D eigenvalue weighted by Gasteiger charge is -2.28. The Morgan fingerprint density at radius 2 is 1.92 bits per heavy atom. The minimum absolute atomic E-state index is 0.0627. The molecule has 1 fully saturated rings. The van der Waals surface area contributed by atoms with Gasteiger partial charge in [-0.25, -0.2) is 14.3 Å². The number of piperidine rings is 1. The number of carbonyl (C=O) groups is 1. The van der Waals surface area contributed by atoms with Gasteiger partial charge in [0.25, 0.3) is 0 Å². The number of nitrogens with zero attached hydrogens (tertiary/aromatic N) is 6. The number of aromatic nitrogens is 5. The van der Waals surface area contributed by atoms with Crippen LogP contribution >= 0.6 is 0 Å². The van der Waals surface area contributed by atoms with Crippen LogP contribution in [-0.4, -0.2) is 61.6 Å². The van der Waals surface area contributed by atoms with Gasteiger partial charge >= 0.3 is 6.09 Å². The van der Waals surface area contributed by atoms with Gasteiger partial charge in [-0.15, -0.1) is 0 Å². The lowest BCUT2D eigenvalue weighted by Crippen LogP contribution is -2.36. The van der Waals surface area contributed by atoms with Gasteiger partial charge in [-0.05, 0) is 50.1 Å². The van der Waals surface area contributed by atoms with Crippen molar-refractivity contribution in [2.45, 2.75) is 38.8 Å². The lowest BCUT2D eigenvalue weighted by molar-refractivity contribution is 0.0661. The molecule has 0 saturated carbocycles. The Morgan fingerprint density at radius 3 is 2.72 bits per heavy atom. The molecule has 2 N–H and O–H groups in total. The van der Waals surface area contributed by atoms with Crippen LogP contribution in [0.5, 0.6) is 0 Å². The van der Waals surface area contributed by atoms with Crippen LogP contribution < -0.4 is 10.6 Å². The van der Waals surface area contributed by atoms with E-state index in [4.69, 9.17) is 4.74 Å². The molecule has 5 aromatic rings. The van der Waals surface area contributed by atoms with E-state index in [1.165, 1.54) is 11.9 Å². The van der Waals surface area contributed by atoms with E-state index < -0.39 is 6.09 Å². The summed E-state index contributed by atoms with van der Waals surface area (Å²) in [4.78, 5) is 19.5. The minimum Gasteiger partial charge on any atom is -0.446 e. The summed E-state index contributed by atoms with van der Waals surface area (Å²) in [6, 6.07) is 16.5. The van der Waals surface area contributed by atoms with Gasteiger partial charge in [-0.3, -0.25) is 10.00 Å². The molecule has 1 aliphatic rings. The number of ether oxygens (including phenoxy) is 1. The van der Waals surface area contributed by atoms with Gasteiger partial charge in [0, 0.05) is 29.7 Å².